The van der Waals surface area contributed by atoms with Crippen LogP contribution < -0.4 is 0 Å². The van der Waals surface area contributed by atoms with Crippen molar-refractivity contribution in [2.24, 2.45) is 7.05 Å². The van der Waals surface area contributed by atoms with E-state index in [1.54, 1.807) is 6.20 Å². The molecule has 0 aliphatic carbocycles. The first-order chi connectivity index (χ1) is 7.77. The number of aliphatic hydroxyl groups excluding tert-OH is 1. The Morgan fingerprint density at radius 3 is 2.62 bits per heavy atom. The number of aryl methyl sites for hydroxylation is 2. The summed E-state index contributed by atoms with van der Waals surface area (Å²) >= 11 is 0. The molecule has 0 saturated carbocycles. The minimum absolute atomic E-state index is 0.393. The smallest absolute Gasteiger partial charge is 0.0793 e. The lowest BCUT2D eigenvalue weighted by Crippen LogP contribution is -2.03. The highest BCUT2D eigenvalue weighted by molar-refractivity contribution is 5.17. The lowest BCUT2D eigenvalue weighted by atomic mass is 10.0. The first-order valence-electron chi connectivity index (χ1n) is 5.47. The molecule has 0 aliphatic rings. The second-order valence-electron chi connectivity index (χ2n) is 3.91. The van der Waals surface area contributed by atoms with Gasteiger partial charge in [0.15, 0.2) is 0 Å². The Labute approximate surface area is 95.3 Å². The number of hydrogen-bond donors (Lipinski definition) is 1. The van der Waals surface area contributed by atoms with Crippen molar-refractivity contribution < 1.29 is 5.11 Å². The van der Waals surface area contributed by atoms with Crippen molar-refractivity contribution in [2.45, 2.75) is 18.9 Å². The van der Waals surface area contributed by atoms with Gasteiger partial charge in [0.1, 0.15) is 0 Å². The summed E-state index contributed by atoms with van der Waals surface area (Å²) in [7, 11) is 1.92. The van der Waals surface area contributed by atoms with Crippen molar-refractivity contribution in [3.63, 3.8) is 0 Å². The number of rotatable bonds is 4. The third-order valence-corrected chi connectivity index (χ3v) is 2.78. The lowest BCUT2D eigenvalue weighted by molar-refractivity contribution is 0.167. The van der Waals surface area contributed by atoms with Crippen LogP contribution in [0.4, 0.5) is 0 Å². The summed E-state index contributed by atoms with van der Waals surface area (Å²) in [4.78, 5) is 0. The van der Waals surface area contributed by atoms with Crippen molar-refractivity contribution in [3.05, 3.63) is 53.9 Å². The quantitative estimate of drug-likeness (QED) is 0.849. The molecule has 0 fully saturated rings. The van der Waals surface area contributed by atoms with Crippen LogP contribution in [0, 0.1) is 0 Å². The normalized spacial score (nSPS) is 12.6. The molecule has 0 bridgehead atoms. The standard InChI is InChI=1S/C13H16N2O/c1-15-12(9-10-14-15)7-8-13(16)11-5-3-2-4-6-11/h2-6,9-10,13,16H,7-8H2,1H3. The zero-order valence-electron chi connectivity index (χ0n) is 9.37. The fourth-order valence-corrected chi connectivity index (χ4v) is 1.77. The van der Waals surface area contributed by atoms with Gasteiger partial charge in [-0.15, -0.1) is 0 Å². The van der Waals surface area contributed by atoms with Crippen LogP contribution in [-0.4, -0.2) is 14.9 Å². The summed E-state index contributed by atoms with van der Waals surface area (Å²) in [5.74, 6) is 0. The molecule has 0 spiro atoms. The lowest BCUT2D eigenvalue weighted by Gasteiger charge is -2.10. The number of aliphatic hydroxyl groups is 1. The Morgan fingerprint density at radius 2 is 2.00 bits per heavy atom. The third kappa shape index (κ3) is 2.49. The molecule has 3 nitrogen and oxygen atoms in total. The van der Waals surface area contributed by atoms with Gasteiger partial charge in [0, 0.05) is 18.9 Å². The average molecular weight is 216 g/mol. The Bertz CT molecular complexity index is 436. The van der Waals surface area contributed by atoms with Gasteiger partial charge in [0.2, 0.25) is 0 Å². The van der Waals surface area contributed by atoms with E-state index in [1.165, 1.54) is 0 Å². The van der Waals surface area contributed by atoms with E-state index in [0.717, 1.165) is 24.1 Å². The number of aromatic nitrogens is 2. The van der Waals surface area contributed by atoms with Crippen LogP contribution in [0.3, 0.4) is 0 Å². The Balaban J connectivity index is 1.94. The van der Waals surface area contributed by atoms with E-state index in [9.17, 15) is 5.11 Å². The van der Waals surface area contributed by atoms with Crippen molar-refractivity contribution in [2.75, 3.05) is 0 Å². The van der Waals surface area contributed by atoms with E-state index in [4.69, 9.17) is 0 Å². The van der Waals surface area contributed by atoms with Crippen LogP contribution in [0.1, 0.15) is 23.8 Å². The van der Waals surface area contributed by atoms with Crippen molar-refractivity contribution in [1.29, 1.82) is 0 Å². The van der Waals surface area contributed by atoms with Crippen LogP contribution in [-0.2, 0) is 13.5 Å². The molecule has 1 aromatic heterocycles. The first kappa shape index (κ1) is 10.9. The van der Waals surface area contributed by atoms with Gasteiger partial charge in [-0.05, 0) is 24.5 Å². The monoisotopic (exact) mass is 216 g/mol. The van der Waals surface area contributed by atoms with E-state index in [2.05, 4.69) is 5.10 Å². The maximum atomic E-state index is 9.98. The van der Waals surface area contributed by atoms with Gasteiger partial charge in [-0.2, -0.15) is 5.10 Å². The molecule has 2 aromatic rings. The molecular formula is C13H16N2O. The van der Waals surface area contributed by atoms with Crippen molar-refractivity contribution in [1.82, 2.24) is 9.78 Å². The second kappa shape index (κ2) is 4.94. The molecule has 2 rings (SSSR count). The number of nitrogens with zero attached hydrogens (tertiary/aromatic N) is 2. The van der Waals surface area contributed by atoms with Gasteiger partial charge in [-0.1, -0.05) is 30.3 Å². The molecule has 1 atom stereocenters. The summed E-state index contributed by atoms with van der Waals surface area (Å²) in [5.41, 5.74) is 2.12. The second-order valence-corrected chi connectivity index (χ2v) is 3.91. The van der Waals surface area contributed by atoms with Crippen LogP contribution in [0.15, 0.2) is 42.6 Å². The Morgan fingerprint density at radius 1 is 1.25 bits per heavy atom. The summed E-state index contributed by atoms with van der Waals surface area (Å²) in [6, 6.07) is 11.7. The number of benzene rings is 1. The molecule has 0 amide bonds. The van der Waals surface area contributed by atoms with Gasteiger partial charge in [-0.3, -0.25) is 4.68 Å². The third-order valence-electron chi connectivity index (χ3n) is 2.78. The molecule has 0 aliphatic heterocycles. The molecule has 1 unspecified atom stereocenters. The highest BCUT2D eigenvalue weighted by Gasteiger charge is 2.08. The molecule has 1 N–H and O–H groups in total. The highest BCUT2D eigenvalue weighted by atomic mass is 16.3. The van der Waals surface area contributed by atoms with Crippen LogP contribution in [0.5, 0.6) is 0 Å². The van der Waals surface area contributed by atoms with Gasteiger partial charge < -0.3 is 5.11 Å². The minimum Gasteiger partial charge on any atom is -0.388 e. The molecule has 1 heterocycles. The molecule has 3 heteroatoms. The number of hydrogen-bond acceptors (Lipinski definition) is 2. The highest BCUT2D eigenvalue weighted by Crippen LogP contribution is 2.18. The fourth-order valence-electron chi connectivity index (χ4n) is 1.77. The largest absolute Gasteiger partial charge is 0.388 e. The van der Waals surface area contributed by atoms with E-state index < -0.39 is 6.10 Å². The molecule has 0 saturated heterocycles. The summed E-state index contributed by atoms with van der Waals surface area (Å²) in [6.45, 7) is 0. The molecule has 84 valence electrons. The van der Waals surface area contributed by atoms with Crippen LogP contribution >= 0.6 is 0 Å². The molecule has 16 heavy (non-hydrogen) atoms. The maximum absolute atomic E-state index is 9.98. The summed E-state index contributed by atoms with van der Waals surface area (Å²) in [5, 5.41) is 14.1. The molecule has 1 aromatic carbocycles. The zero-order chi connectivity index (χ0) is 11.4. The maximum Gasteiger partial charge on any atom is 0.0793 e. The van der Waals surface area contributed by atoms with Crippen molar-refractivity contribution >= 4 is 0 Å². The first-order valence-corrected chi connectivity index (χ1v) is 5.47. The summed E-state index contributed by atoms with van der Waals surface area (Å²) < 4.78 is 1.84. The predicted molar refractivity (Wildman–Crippen MR) is 62.9 cm³/mol. The van der Waals surface area contributed by atoms with E-state index in [1.807, 2.05) is 48.1 Å². The molecular weight excluding hydrogens is 200 g/mol. The van der Waals surface area contributed by atoms with Gasteiger partial charge >= 0.3 is 0 Å². The van der Waals surface area contributed by atoms with Crippen LogP contribution in [0.25, 0.3) is 0 Å². The molecule has 0 radical (unpaired) electrons. The van der Waals surface area contributed by atoms with Crippen molar-refractivity contribution in [3.8, 4) is 0 Å². The Kier molecular flexibility index (Phi) is 3.37. The summed E-state index contributed by atoms with van der Waals surface area (Å²) in [6.07, 6.45) is 2.96. The van der Waals surface area contributed by atoms with Gasteiger partial charge in [0.05, 0.1) is 6.10 Å². The zero-order valence-corrected chi connectivity index (χ0v) is 9.37. The van der Waals surface area contributed by atoms with E-state index in [-0.39, 0.29) is 0 Å². The predicted octanol–water partition coefficient (Wildman–Crippen LogP) is 2.09. The van der Waals surface area contributed by atoms with E-state index in [0.29, 0.717) is 0 Å². The SMILES string of the molecule is Cn1nccc1CCC(O)c1ccccc1. The van der Waals surface area contributed by atoms with Gasteiger partial charge in [0.25, 0.3) is 0 Å². The van der Waals surface area contributed by atoms with Crippen LogP contribution in [0.2, 0.25) is 0 Å². The van der Waals surface area contributed by atoms with Gasteiger partial charge in [-0.25, -0.2) is 0 Å². The topological polar surface area (TPSA) is 38.0 Å². The average Bonchev–Trinajstić information content (AvgIpc) is 2.73. The van der Waals surface area contributed by atoms with E-state index >= 15 is 0 Å². The Hall–Kier alpha value is -1.61. The fraction of sp³-hybridized carbons (Fsp3) is 0.308. The minimum atomic E-state index is -0.393.